The molecule has 0 bridgehead atoms. The molecule has 1 aliphatic rings. The highest BCUT2D eigenvalue weighted by atomic mass is 16.3. The fourth-order valence-electron chi connectivity index (χ4n) is 3.38. The lowest BCUT2D eigenvalue weighted by molar-refractivity contribution is -0.110. The van der Waals surface area contributed by atoms with Crippen LogP contribution in [-0.2, 0) is 10.3 Å². The van der Waals surface area contributed by atoms with E-state index in [4.69, 9.17) is 0 Å². The largest absolute Gasteiger partial charge is 0.394 e. The molecule has 0 saturated carbocycles. The van der Waals surface area contributed by atoms with Crippen molar-refractivity contribution in [2.75, 3.05) is 17.2 Å². The molecule has 0 saturated heterocycles. The van der Waals surface area contributed by atoms with Gasteiger partial charge in [-0.3, -0.25) is 19.4 Å². The number of anilines is 2. The van der Waals surface area contributed by atoms with Crippen molar-refractivity contribution in [3.63, 3.8) is 0 Å². The van der Waals surface area contributed by atoms with E-state index in [0.717, 1.165) is 22.4 Å². The predicted molar refractivity (Wildman–Crippen MR) is 116 cm³/mol. The quantitative estimate of drug-likeness (QED) is 0.564. The second-order valence-electron chi connectivity index (χ2n) is 8.00. The molecule has 0 radical (unpaired) electrons. The third-order valence-corrected chi connectivity index (χ3v) is 5.25. The van der Waals surface area contributed by atoms with Crippen LogP contribution in [0.2, 0.25) is 0 Å². The fraction of sp³-hybridized carbons (Fsp3) is 0.273. The topological polar surface area (TPSA) is 105 Å². The number of amides is 1. The Bertz CT molecular complexity index is 1160. The minimum Gasteiger partial charge on any atom is -0.394 e. The number of pyridine rings is 2. The van der Waals surface area contributed by atoms with Gasteiger partial charge in [-0.05, 0) is 45.4 Å². The number of allylic oxidation sites excluding steroid dienone is 1. The number of fused-ring (bicyclic) bond motifs is 1. The Morgan fingerprint density at radius 3 is 2.80 bits per heavy atom. The third kappa shape index (κ3) is 3.46. The standard InChI is InChI=1S/C22H24N6O2/c1-13-5-7-23-10-16(13)17-9-15-18(11-24-17)26-21(30)20(15)14(2)25-19-6-8-28(27-19)22(3,4)12-29/h5-11,29H,12H2,1-4H3,(H,25,27)(H,26,30)/b20-14-. The summed E-state index contributed by atoms with van der Waals surface area (Å²) in [6, 6.07) is 5.65. The Hall–Kier alpha value is -3.52. The van der Waals surface area contributed by atoms with Crippen molar-refractivity contribution in [3.05, 3.63) is 59.8 Å². The summed E-state index contributed by atoms with van der Waals surface area (Å²) in [6.45, 7) is 7.60. The van der Waals surface area contributed by atoms with Crippen LogP contribution in [0.5, 0.6) is 0 Å². The first kappa shape index (κ1) is 19.8. The summed E-state index contributed by atoms with van der Waals surface area (Å²) in [4.78, 5) is 21.4. The van der Waals surface area contributed by atoms with Crippen LogP contribution >= 0.6 is 0 Å². The van der Waals surface area contributed by atoms with Crippen LogP contribution in [0, 0.1) is 6.92 Å². The van der Waals surface area contributed by atoms with Gasteiger partial charge in [-0.2, -0.15) is 5.10 Å². The summed E-state index contributed by atoms with van der Waals surface area (Å²) in [5.41, 5.74) is 4.92. The van der Waals surface area contributed by atoms with Gasteiger partial charge in [0.1, 0.15) is 0 Å². The maximum Gasteiger partial charge on any atom is 0.258 e. The van der Waals surface area contributed by atoms with Crippen LogP contribution in [0.4, 0.5) is 11.5 Å². The monoisotopic (exact) mass is 404 g/mol. The Kier molecular flexibility index (Phi) is 4.87. The maximum atomic E-state index is 12.7. The van der Waals surface area contributed by atoms with Gasteiger partial charge in [0, 0.05) is 41.5 Å². The number of nitrogens with zero attached hydrogens (tertiary/aromatic N) is 4. The van der Waals surface area contributed by atoms with E-state index in [0.29, 0.717) is 22.8 Å². The molecular formula is C22H24N6O2. The molecule has 0 atom stereocenters. The zero-order valence-corrected chi connectivity index (χ0v) is 17.4. The van der Waals surface area contributed by atoms with Crippen molar-refractivity contribution in [1.29, 1.82) is 0 Å². The molecule has 3 N–H and O–H groups in total. The zero-order chi connectivity index (χ0) is 21.5. The number of carbonyl (C=O) groups is 1. The molecule has 3 aromatic heterocycles. The average molecular weight is 404 g/mol. The molecule has 4 rings (SSSR count). The van der Waals surface area contributed by atoms with Gasteiger partial charge >= 0.3 is 0 Å². The van der Waals surface area contributed by atoms with Crippen molar-refractivity contribution in [2.24, 2.45) is 0 Å². The first-order chi connectivity index (χ1) is 14.3. The molecule has 154 valence electrons. The summed E-state index contributed by atoms with van der Waals surface area (Å²) >= 11 is 0. The van der Waals surface area contributed by atoms with Crippen molar-refractivity contribution in [2.45, 2.75) is 33.2 Å². The van der Waals surface area contributed by atoms with E-state index in [2.05, 4.69) is 25.7 Å². The first-order valence-electron chi connectivity index (χ1n) is 9.68. The van der Waals surface area contributed by atoms with Gasteiger partial charge in [-0.15, -0.1) is 0 Å². The van der Waals surface area contributed by atoms with Crippen LogP contribution in [0.25, 0.3) is 16.8 Å². The Balaban J connectivity index is 1.70. The molecule has 1 amide bonds. The van der Waals surface area contributed by atoms with E-state index in [1.54, 1.807) is 29.5 Å². The lowest BCUT2D eigenvalue weighted by Crippen LogP contribution is -2.30. The minimum atomic E-state index is -0.513. The molecular weight excluding hydrogens is 380 g/mol. The van der Waals surface area contributed by atoms with E-state index in [1.807, 2.05) is 45.9 Å². The number of carbonyl (C=O) groups excluding carboxylic acids is 1. The van der Waals surface area contributed by atoms with Gasteiger partial charge in [0.25, 0.3) is 5.91 Å². The molecule has 0 aliphatic carbocycles. The molecule has 3 aromatic rings. The van der Waals surface area contributed by atoms with Gasteiger partial charge in [-0.25, -0.2) is 0 Å². The summed E-state index contributed by atoms with van der Waals surface area (Å²) in [6.07, 6.45) is 6.99. The molecule has 0 aromatic carbocycles. The molecule has 4 heterocycles. The van der Waals surface area contributed by atoms with Crippen molar-refractivity contribution >= 4 is 23.0 Å². The number of rotatable bonds is 5. The summed E-state index contributed by atoms with van der Waals surface area (Å²) in [5.74, 6) is 0.409. The average Bonchev–Trinajstić information content (AvgIpc) is 3.31. The molecule has 8 nitrogen and oxygen atoms in total. The van der Waals surface area contributed by atoms with Crippen LogP contribution in [-0.4, -0.2) is 37.4 Å². The van der Waals surface area contributed by atoms with Gasteiger partial charge in [0.2, 0.25) is 0 Å². The van der Waals surface area contributed by atoms with E-state index in [1.165, 1.54) is 0 Å². The Morgan fingerprint density at radius 1 is 1.27 bits per heavy atom. The molecule has 0 spiro atoms. The van der Waals surface area contributed by atoms with Crippen molar-refractivity contribution < 1.29 is 9.90 Å². The Morgan fingerprint density at radius 2 is 2.07 bits per heavy atom. The number of aromatic nitrogens is 4. The van der Waals surface area contributed by atoms with E-state index >= 15 is 0 Å². The SMILES string of the molecule is C/C(Nc1ccn(C(C)(C)CO)n1)=C1/C(=O)Nc2cnc(-c3cnccc3C)cc21. The number of aliphatic hydroxyl groups excluding tert-OH is 1. The maximum absolute atomic E-state index is 12.7. The second-order valence-corrected chi connectivity index (χ2v) is 8.00. The van der Waals surface area contributed by atoms with E-state index in [9.17, 15) is 9.90 Å². The number of aryl methyl sites for hydroxylation is 1. The molecule has 30 heavy (non-hydrogen) atoms. The van der Waals surface area contributed by atoms with Crippen LogP contribution in [0.3, 0.4) is 0 Å². The second kappa shape index (κ2) is 7.38. The van der Waals surface area contributed by atoms with Crippen LogP contribution < -0.4 is 10.6 Å². The van der Waals surface area contributed by atoms with Gasteiger partial charge in [-0.1, -0.05) is 0 Å². The molecule has 0 fully saturated rings. The Labute approximate surface area is 174 Å². The first-order valence-corrected chi connectivity index (χ1v) is 9.68. The van der Waals surface area contributed by atoms with E-state index in [-0.39, 0.29) is 12.5 Å². The summed E-state index contributed by atoms with van der Waals surface area (Å²) in [5, 5.41) is 20.1. The smallest absolute Gasteiger partial charge is 0.258 e. The normalized spacial score (nSPS) is 15.0. The lowest BCUT2D eigenvalue weighted by atomic mass is 10.0. The minimum absolute atomic E-state index is 0.0342. The highest BCUT2D eigenvalue weighted by Crippen LogP contribution is 2.36. The number of aliphatic hydroxyl groups is 1. The lowest BCUT2D eigenvalue weighted by Gasteiger charge is -2.22. The van der Waals surface area contributed by atoms with Gasteiger partial charge in [0.15, 0.2) is 5.82 Å². The molecule has 8 heteroatoms. The summed E-state index contributed by atoms with van der Waals surface area (Å²) in [7, 11) is 0. The number of nitrogens with one attached hydrogen (secondary N) is 2. The highest BCUT2D eigenvalue weighted by molar-refractivity contribution is 6.32. The van der Waals surface area contributed by atoms with Gasteiger partial charge < -0.3 is 15.7 Å². The van der Waals surface area contributed by atoms with Crippen LogP contribution in [0.1, 0.15) is 31.9 Å². The fourth-order valence-corrected chi connectivity index (χ4v) is 3.38. The third-order valence-electron chi connectivity index (χ3n) is 5.25. The molecule has 1 aliphatic heterocycles. The van der Waals surface area contributed by atoms with Crippen molar-refractivity contribution in [3.8, 4) is 11.3 Å². The summed E-state index contributed by atoms with van der Waals surface area (Å²) < 4.78 is 1.70. The number of hydrogen-bond acceptors (Lipinski definition) is 6. The highest BCUT2D eigenvalue weighted by Gasteiger charge is 2.28. The predicted octanol–water partition coefficient (Wildman–Crippen LogP) is 3.17. The molecule has 0 unspecified atom stereocenters. The zero-order valence-electron chi connectivity index (χ0n) is 17.4. The van der Waals surface area contributed by atoms with Crippen LogP contribution in [0.15, 0.2) is 48.7 Å². The number of hydrogen-bond donors (Lipinski definition) is 3. The van der Waals surface area contributed by atoms with Crippen molar-refractivity contribution in [1.82, 2.24) is 19.7 Å². The van der Waals surface area contributed by atoms with E-state index < -0.39 is 5.54 Å². The van der Waals surface area contributed by atoms with Gasteiger partial charge in [0.05, 0.1) is 35.3 Å².